The molecule has 0 bridgehead atoms. The summed E-state index contributed by atoms with van der Waals surface area (Å²) in [5.41, 5.74) is 1.17. The largest absolute Gasteiger partial charge is 0.351 e. The standard InChI is InChI=1S/C17H27N7O/c1-12-19-13(2)24(21-12)7-5-6-17(25)20-15-10-22(3)9-14(15)16-8-18-11-23(16)4/h8,11,14-15H,5-7,9-10H2,1-4H3,(H,20,25)/t14-,15-/m1/s1. The fraction of sp³-hybridized carbons (Fsp3) is 0.647. The van der Waals surface area contributed by atoms with E-state index in [9.17, 15) is 4.79 Å². The van der Waals surface area contributed by atoms with E-state index in [2.05, 4.69) is 32.3 Å². The van der Waals surface area contributed by atoms with Crippen molar-refractivity contribution in [1.29, 1.82) is 0 Å². The van der Waals surface area contributed by atoms with Crippen LogP contribution in [0.3, 0.4) is 0 Å². The maximum atomic E-state index is 12.4. The molecule has 0 aliphatic carbocycles. The molecule has 0 radical (unpaired) electrons. The lowest BCUT2D eigenvalue weighted by Gasteiger charge is -2.20. The molecule has 8 nitrogen and oxygen atoms in total. The number of imidazole rings is 1. The van der Waals surface area contributed by atoms with Gasteiger partial charge in [0.15, 0.2) is 0 Å². The molecule has 8 heteroatoms. The van der Waals surface area contributed by atoms with Crippen molar-refractivity contribution in [3.05, 3.63) is 29.9 Å². The number of nitrogens with one attached hydrogen (secondary N) is 1. The van der Waals surface area contributed by atoms with Crippen molar-refractivity contribution in [2.75, 3.05) is 20.1 Å². The van der Waals surface area contributed by atoms with Crippen LogP contribution in [0.25, 0.3) is 0 Å². The minimum absolute atomic E-state index is 0.0990. The van der Waals surface area contributed by atoms with E-state index in [1.54, 1.807) is 0 Å². The summed E-state index contributed by atoms with van der Waals surface area (Å²) in [6, 6.07) is 0.128. The predicted octanol–water partition coefficient (Wildman–Crippen LogP) is 0.623. The summed E-state index contributed by atoms with van der Waals surface area (Å²) in [7, 11) is 4.09. The third kappa shape index (κ3) is 4.07. The first-order valence-corrected chi connectivity index (χ1v) is 8.76. The van der Waals surface area contributed by atoms with Crippen LogP contribution < -0.4 is 5.32 Å². The molecule has 2 aromatic heterocycles. The monoisotopic (exact) mass is 345 g/mol. The average Bonchev–Trinajstić information content (AvgIpc) is 3.19. The molecule has 1 aliphatic rings. The third-order valence-electron chi connectivity index (χ3n) is 4.82. The highest BCUT2D eigenvalue weighted by Crippen LogP contribution is 2.26. The van der Waals surface area contributed by atoms with Crippen molar-refractivity contribution in [2.45, 2.75) is 45.2 Å². The number of nitrogens with zero attached hydrogens (tertiary/aromatic N) is 6. The molecule has 1 aliphatic heterocycles. The second-order valence-corrected chi connectivity index (χ2v) is 6.96. The van der Waals surface area contributed by atoms with Crippen molar-refractivity contribution in [2.24, 2.45) is 7.05 Å². The molecule has 1 amide bonds. The zero-order valence-electron chi connectivity index (χ0n) is 15.4. The van der Waals surface area contributed by atoms with Crippen LogP contribution in [-0.4, -0.2) is 61.3 Å². The highest BCUT2D eigenvalue weighted by molar-refractivity contribution is 5.76. The Labute approximate surface area is 148 Å². The molecule has 3 heterocycles. The Bertz CT molecular complexity index is 735. The van der Waals surface area contributed by atoms with Crippen LogP contribution in [0.4, 0.5) is 0 Å². The number of rotatable bonds is 6. The quantitative estimate of drug-likeness (QED) is 0.830. The average molecular weight is 345 g/mol. The van der Waals surface area contributed by atoms with E-state index in [0.717, 1.165) is 37.7 Å². The van der Waals surface area contributed by atoms with Crippen LogP contribution in [-0.2, 0) is 18.4 Å². The molecule has 3 rings (SSSR count). The first-order valence-electron chi connectivity index (χ1n) is 8.76. The molecular formula is C17H27N7O. The van der Waals surface area contributed by atoms with Gasteiger partial charge in [0.2, 0.25) is 5.91 Å². The summed E-state index contributed by atoms with van der Waals surface area (Å²) in [5.74, 6) is 2.05. The Hall–Kier alpha value is -2.22. The van der Waals surface area contributed by atoms with Gasteiger partial charge in [-0.3, -0.25) is 9.48 Å². The highest BCUT2D eigenvalue weighted by atomic mass is 16.1. The van der Waals surface area contributed by atoms with Gasteiger partial charge in [-0.2, -0.15) is 5.10 Å². The Morgan fingerprint density at radius 1 is 1.32 bits per heavy atom. The third-order valence-corrected chi connectivity index (χ3v) is 4.82. The zero-order valence-corrected chi connectivity index (χ0v) is 15.4. The van der Waals surface area contributed by atoms with Crippen molar-refractivity contribution in [3.8, 4) is 0 Å². The number of carbonyl (C=O) groups is 1. The van der Waals surface area contributed by atoms with E-state index >= 15 is 0 Å². The van der Waals surface area contributed by atoms with Crippen LogP contribution in [0.15, 0.2) is 12.5 Å². The summed E-state index contributed by atoms with van der Waals surface area (Å²) in [5, 5.41) is 7.55. The van der Waals surface area contributed by atoms with Gasteiger partial charge in [0.25, 0.3) is 0 Å². The molecule has 1 fully saturated rings. The van der Waals surface area contributed by atoms with Gasteiger partial charge in [-0.1, -0.05) is 0 Å². The summed E-state index contributed by atoms with van der Waals surface area (Å²) < 4.78 is 3.91. The minimum atomic E-state index is 0.0990. The fourth-order valence-corrected chi connectivity index (χ4v) is 3.61. The Kier molecular flexibility index (Phi) is 5.17. The minimum Gasteiger partial charge on any atom is -0.351 e. The molecule has 25 heavy (non-hydrogen) atoms. The summed E-state index contributed by atoms with van der Waals surface area (Å²) in [6.07, 6.45) is 4.97. The normalized spacial score (nSPS) is 21.0. The number of hydrogen-bond donors (Lipinski definition) is 1. The van der Waals surface area contributed by atoms with Gasteiger partial charge < -0.3 is 14.8 Å². The van der Waals surface area contributed by atoms with E-state index in [1.165, 1.54) is 5.69 Å². The molecule has 0 saturated carbocycles. The van der Waals surface area contributed by atoms with Crippen LogP contribution >= 0.6 is 0 Å². The fourth-order valence-electron chi connectivity index (χ4n) is 3.61. The molecule has 0 aromatic carbocycles. The molecule has 2 aromatic rings. The smallest absolute Gasteiger partial charge is 0.220 e. The van der Waals surface area contributed by atoms with Gasteiger partial charge in [-0.25, -0.2) is 9.97 Å². The number of carbonyl (C=O) groups excluding carboxylic acids is 1. The zero-order chi connectivity index (χ0) is 18.0. The maximum absolute atomic E-state index is 12.4. The van der Waals surface area contributed by atoms with E-state index in [4.69, 9.17) is 0 Å². The molecule has 1 N–H and O–H groups in total. The van der Waals surface area contributed by atoms with Crippen LogP contribution in [0, 0.1) is 13.8 Å². The van der Waals surface area contributed by atoms with Gasteiger partial charge in [0.1, 0.15) is 11.6 Å². The topological polar surface area (TPSA) is 80.9 Å². The second kappa shape index (κ2) is 7.35. The van der Waals surface area contributed by atoms with Gasteiger partial charge >= 0.3 is 0 Å². The Balaban J connectivity index is 1.53. The summed E-state index contributed by atoms with van der Waals surface area (Å²) in [6.45, 7) is 6.33. The van der Waals surface area contributed by atoms with E-state index in [0.29, 0.717) is 6.42 Å². The molecule has 2 atom stereocenters. The lowest BCUT2D eigenvalue weighted by Crippen LogP contribution is -2.40. The van der Waals surface area contributed by atoms with Crippen LogP contribution in [0.2, 0.25) is 0 Å². The van der Waals surface area contributed by atoms with Crippen molar-refractivity contribution in [1.82, 2.24) is 34.5 Å². The van der Waals surface area contributed by atoms with Gasteiger partial charge in [-0.05, 0) is 27.3 Å². The van der Waals surface area contributed by atoms with Crippen LogP contribution in [0.5, 0.6) is 0 Å². The number of hydrogen-bond acceptors (Lipinski definition) is 5. The molecular weight excluding hydrogens is 318 g/mol. The van der Waals surface area contributed by atoms with Gasteiger partial charge in [0.05, 0.1) is 12.4 Å². The number of likely N-dealkylation sites (N-methyl/N-ethyl adjacent to an activating group) is 1. The summed E-state index contributed by atoms with van der Waals surface area (Å²) >= 11 is 0. The number of amides is 1. The SMILES string of the molecule is Cc1nc(C)n(CCCC(=O)N[C@@H]2CN(C)C[C@H]2c2cncn2C)n1. The van der Waals surface area contributed by atoms with Gasteiger partial charge in [-0.15, -0.1) is 0 Å². The van der Waals surface area contributed by atoms with Crippen molar-refractivity contribution in [3.63, 3.8) is 0 Å². The molecule has 1 saturated heterocycles. The van der Waals surface area contributed by atoms with Crippen molar-refractivity contribution >= 4 is 5.91 Å². The maximum Gasteiger partial charge on any atom is 0.220 e. The molecule has 0 unspecified atom stereocenters. The number of aryl methyl sites for hydroxylation is 4. The second-order valence-electron chi connectivity index (χ2n) is 6.96. The van der Waals surface area contributed by atoms with Gasteiger partial charge in [0, 0.05) is 50.9 Å². The lowest BCUT2D eigenvalue weighted by molar-refractivity contribution is -0.121. The summed E-state index contributed by atoms with van der Waals surface area (Å²) in [4.78, 5) is 23.1. The Morgan fingerprint density at radius 2 is 2.12 bits per heavy atom. The highest BCUT2D eigenvalue weighted by Gasteiger charge is 2.34. The molecule has 136 valence electrons. The van der Waals surface area contributed by atoms with Crippen molar-refractivity contribution < 1.29 is 4.79 Å². The van der Waals surface area contributed by atoms with E-state index in [1.807, 2.05) is 42.7 Å². The molecule has 0 spiro atoms. The first kappa shape index (κ1) is 17.6. The van der Waals surface area contributed by atoms with E-state index in [-0.39, 0.29) is 17.9 Å². The van der Waals surface area contributed by atoms with Crippen LogP contribution in [0.1, 0.15) is 36.1 Å². The Morgan fingerprint density at radius 3 is 2.76 bits per heavy atom. The first-order chi connectivity index (χ1) is 11.9. The predicted molar refractivity (Wildman–Crippen MR) is 94.1 cm³/mol. The number of likely N-dealkylation sites (tertiary alicyclic amines) is 1. The lowest BCUT2D eigenvalue weighted by atomic mass is 10.00. The van der Waals surface area contributed by atoms with E-state index < -0.39 is 0 Å². The number of aromatic nitrogens is 5.